The van der Waals surface area contributed by atoms with Gasteiger partial charge in [0, 0.05) is 22.4 Å². The molecule has 2 amide bonds. The Labute approximate surface area is 215 Å². The molecule has 11 heteroatoms. The van der Waals surface area contributed by atoms with Crippen LogP contribution in [0.15, 0.2) is 53.7 Å². The van der Waals surface area contributed by atoms with Crippen molar-refractivity contribution in [2.75, 3.05) is 25.3 Å². The van der Waals surface area contributed by atoms with Crippen LogP contribution in [0.2, 0.25) is 0 Å². The maximum atomic E-state index is 12.2. The third kappa shape index (κ3) is 7.22. The number of rotatable bonds is 10. The molecule has 178 valence electrons. The molecule has 9 nitrogen and oxygen atoms in total. The molecule has 0 saturated carbocycles. The van der Waals surface area contributed by atoms with Crippen molar-refractivity contribution in [2.45, 2.75) is 11.7 Å². The summed E-state index contributed by atoms with van der Waals surface area (Å²) in [6.07, 6.45) is 3.11. The molecule has 34 heavy (non-hydrogen) atoms. The maximum Gasteiger partial charge on any atom is 0.244 e. The minimum Gasteiger partial charge on any atom is -0.493 e. The van der Waals surface area contributed by atoms with Gasteiger partial charge in [-0.1, -0.05) is 17.8 Å². The fraction of sp³-hybridized carbons (Fsp3) is 0.217. The van der Waals surface area contributed by atoms with Crippen LogP contribution in [-0.4, -0.2) is 46.6 Å². The topological polar surface area (TPSA) is 107 Å². The van der Waals surface area contributed by atoms with E-state index in [0.717, 1.165) is 14.8 Å². The molecule has 2 aromatic carbocycles. The Kier molecular flexibility index (Phi) is 9.33. The number of hydrogen-bond acceptors (Lipinski definition) is 7. The first kappa shape index (κ1) is 25.6. The van der Waals surface area contributed by atoms with Gasteiger partial charge in [-0.15, -0.1) is 10.2 Å². The molecule has 3 rings (SSSR count). The zero-order valence-corrected chi connectivity index (χ0v) is 21.8. The molecule has 3 aromatic rings. The molecule has 2 N–H and O–H groups in total. The molecule has 0 atom stereocenters. The predicted molar refractivity (Wildman–Crippen MR) is 140 cm³/mol. The van der Waals surface area contributed by atoms with Crippen LogP contribution in [-0.2, 0) is 23.2 Å². The third-order valence-electron chi connectivity index (χ3n) is 4.64. The number of hydrogen-bond donors (Lipinski definition) is 2. The molecule has 0 aliphatic rings. The number of aromatic nitrogens is 3. The molecule has 0 saturated heterocycles. The number of amides is 2. The Morgan fingerprint density at radius 3 is 2.53 bits per heavy atom. The van der Waals surface area contributed by atoms with Crippen LogP contribution in [0.3, 0.4) is 0 Å². The largest absolute Gasteiger partial charge is 0.493 e. The number of thioether (sulfide) groups is 1. The lowest BCUT2D eigenvalue weighted by Gasteiger charge is -2.07. The Morgan fingerprint density at radius 2 is 1.82 bits per heavy atom. The van der Waals surface area contributed by atoms with Gasteiger partial charge in [0.2, 0.25) is 11.8 Å². The average Bonchev–Trinajstić information content (AvgIpc) is 3.20. The number of nitrogens with zero attached hydrogens (tertiary/aromatic N) is 3. The van der Waals surface area contributed by atoms with E-state index in [0.29, 0.717) is 22.5 Å². The fourth-order valence-electron chi connectivity index (χ4n) is 2.84. The summed E-state index contributed by atoms with van der Waals surface area (Å²) in [5.41, 5.74) is 1.54. The van der Waals surface area contributed by atoms with Crippen LogP contribution in [0.1, 0.15) is 11.4 Å². The van der Waals surface area contributed by atoms with Crippen molar-refractivity contribution < 1.29 is 19.1 Å². The lowest BCUT2D eigenvalue weighted by atomic mass is 10.2. The molecule has 0 unspecified atom stereocenters. The first-order chi connectivity index (χ1) is 16.4. The Balaban J connectivity index is 1.49. The highest BCUT2D eigenvalue weighted by molar-refractivity contribution is 14.1. The van der Waals surface area contributed by atoms with Crippen LogP contribution in [0, 0.1) is 3.57 Å². The van der Waals surface area contributed by atoms with Gasteiger partial charge in [-0.3, -0.25) is 9.59 Å². The van der Waals surface area contributed by atoms with E-state index in [2.05, 4.69) is 43.4 Å². The van der Waals surface area contributed by atoms with Crippen molar-refractivity contribution in [1.29, 1.82) is 0 Å². The van der Waals surface area contributed by atoms with E-state index < -0.39 is 0 Å². The predicted octanol–water partition coefficient (Wildman–Crippen LogP) is 3.50. The SMILES string of the molecule is COc1ccc(C=CC(=O)NCc2nnc(SCC(=O)Nc3ccc(I)cc3)n2C)cc1OC. The first-order valence-electron chi connectivity index (χ1n) is 10.1. The Morgan fingerprint density at radius 1 is 1.09 bits per heavy atom. The summed E-state index contributed by atoms with van der Waals surface area (Å²) in [4.78, 5) is 24.4. The second-order valence-corrected chi connectivity index (χ2v) is 9.16. The minimum atomic E-state index is -0.274. The fourth-order valence-corrected chi connectivity index (χ4v) is 3.93. The number of methoxy groups -OCH3 is 2. The quantitative estimate of drug-likeness (QED) is 0.211. The van der Waals surface area contributed by atoms with Gasteiger partial charge in [0.1, 0.15) is 0 Å². The molecule has 0 radical (unpaired) electrons. The Bertz CT molecular complexity index is 1180. The summed E-state index contributed by atoms with van der Waals surface area (Å²) >= 11 is 3.48. The van der Waals surface area contributed by atoms with E-state index >= 15 is 0 Å². The van der Waals surface area contributed by atoms with Crippen molar-refractivity contribution >= 4 is 57.9 Å². The van der Waals surface area contributed by atoms with E-state index in [1.54, 1.807) is 44.0 Å². The number of carbonyl (C=O) groups excluding carboxylic acids is 2. The van der Waals surface area contributed by atoms with Gasteiger partial charge in [-0.2, -0.15) is 0 Å². The smallest absolute Gasteiger partial charge is 0.244 e. The average molecular weight is 593 g/mol. The van der Waals surface area contributed by atoms with E-state index in [-0.39, 0.29) is 24.1 Å². The summed E-state index contributed by atoms with van der Waals surface area (Å²) in [6.45, 7) is 0.202. The van der Waals surface area contributed by atoms with Crippen LogP contribution >= 0.6 is 34.4 Å². The summed E-state index contributed by atoms with van der Waals surface area (Å²) in [5, 5.41) is 14.4. The van der Waals surface area contributed by atoms with Gasteiger partial charge < -0.3 is 24.7 Å². The highest BCUT2D eigenvalue weighted by atomic mass is 127. The van der Waals surface area contributed by atoms with E-state index in [4.69, 9.17) is 9.47 Å². The zero-order chi connectivity index (χ0) is 24.5. The number of anilines is 1. The molecule has 0 aliphatic heterocycles. The van der Waals surface area contributed by atoms with Crippen molar-refractivity contribution in [1.82, 2.24) is 20.1 Å². The van der Waals surface area contributed by atoms with Gasteiger partial charge in [-0.25, -0.2) is 0 Å². The van der Waals surface area contributed by atoms with E-state index in [1.165, 1.54) is 17.8 Å². The lowest BCUT2D eigenvalue weighted by Crippen LogP contribution is -2.22. The standard InChI is InChI=1S/C23H24IN5O4S/c1-29-20(13-25-21(30)11-5-15-4-10-18(32-2)19(12-15)33-3)27-28-23(29)34-14-22(31)26-17-8-6-16(24)7-9-17/h4-12H,13-14H2,1-3H3,(H,25,30)(H,26,31). The number of benzene rings is 2. The van der Waals surface area contributed by atoms with Crippen LogP contribution in [0.25, 0.3) is 6.08 Å². The Hall–Kier alpha value is -3.06. The summed E-state index contributed by atoms with van der Waals surface area (Å²) in [6, 6.07) is 12.9. The normalized spacial score (nSPS) is 10.8. The van der Waals surface area contributed by atoms with Gasteiger partial charge in [0.05, 0.1) is 26.5 Å². The summed E-state index contributed by atoms with van der Waals surface area (Å²) < 4.78 is 13.3. The molecule has 1 heterocycles. The first-order valence-corrected chi connectivity index (χ1v) is 12.2. The maximum absolute atomic E-state index is 12.2. The second kappa shape index (κ2) is 12.4. The molecule has 1 aromatic heterocycles. The number of halogens is 1. The van der Waals surface area contributed by atoms with Crippen molar-refractivity contribution in [3.63, 3.8) is 0 Å². The third-order valence-corrected chi connectivity index (χ3v) is 6.38. The van der Waals surface area contributed by atoms with E-state index in [9.17, 15) is 9.59 Å². The second-order valence-electron chi connectivity index (χ2n) is 6.97. The molecule has 0 fully saturated rings. The zero-order valence-electron chi connectivity index (χ0n) is 18.9. The van der Waals surface area contributed by atoms with Gasteiger partial charge in [-0.05, 0) is 70.6 Å². The molecule has 0 spiro atoms. The molecule has 0 bridgehead atoms. The van der Waals surface area contributed by atoms with E-state index in [1.807, 2.05) is 30.3 Å². The van der Waals surface area contributed by atoms with Crippen molar-refractivity contribution in [2.24, 2.45) is 7.05 Å². The summed E-state index contributed by atoms with van der Waals surface area (Å²) in [7, 11) is 4.92. The lowest BCUT2D eigenvalue weighted by molar-refractivity contribution is -0.116. The molecular weight excluding hydrogens is 569 g/mol. The highest BCUT2D eigenvalue weighted by Crippen LogP contribution is 2.28. The van der Waals surface area contributed by atoms with Crippen LogP contribution in [0.5, 0.6) is 11.5 Å². The monoisotopic (exact) mass is 593 g/mol. The molecular formula is C23H24IN5O4S. The van der Waals surface area contributed by atoms with Crippen molar-refractivity contribution in [3.05, 3.63) is 63.5 Å². The number of carbonyl (C=O) groups is 2. The number of ether oxygens (including phenoxy) is 2. The van der Waals surface area contributed by atoms with Gasteiger partial charge in [0.15, 0.2) is 22.5 Å². The minimum absolute atomic E-state index is 0.135. The van der Waals surface area contributed by atoms with Gasteiger partial charge >= 0.3 is 0 Å². The van der Waals surface area contributed by atoms with Crippen LogP contribution in [0.4, 0.5) is 5.69 Å². The number of nitrogens with one attached hydrogen (secondary N) is 2. The van der Waals surface area contributed by atoms with Gasteiger partial charge in [0.25, 0.3) is 0 Å². The van der Waals surface area contributed by atoms with Crippen molar-refractivity contribution in [3.8, 4) is 11.5 Å². The summed E-state index contributed by atoms with van der Waals surface area (Å²) in [5.74, 6) is 1.56. The van der Waals surface area contributed by atoms with Crippen LogP contribution < -0.4 is 20.1 Å². The highest BCUT2D eigenvalue weighted by Gasteiger charge is 2.12. The molecule has 0 aliphatic carbocycles.